The third-order valence-corrected chi connectivity index (χ3v) is 4.97. The number of nitrogens with two attached hydrogens (primary N) is 1. The van der Waals surface area contributed by atoms with E-state index < -0.39 is 0 Å². The van der Waals surface area contributed by atoms with Gasteiger partial charge in [0.1, 0.15) is 0 Å². The third-order valence-electron chi connectivity index (χ3n) is 3.25. The van der Waals surface area contributed by atoms with Crippen LogP contribution in [-0.2, 0) is 6.42 Å². The van der Waals surface area contributed by atoms with Crippen molar-refractivity contribution in [2.75, 3.05) is 13.1 Å². The molecule has 0 aliphatic rings. The van der Waals surface area contributed by atoms with Crippen molar-refractivity contribution in [3.05, 3.63) is 58.8 Å². The van der Waals surface area contributed by atoms with Crippen LogP contribution in [0.4, 0.5) is 0 Å². The monoisotopic (exact) mass is 534 g/mol. The van der Waals surface area contributed by atoms with Crippen LogP contribution in [-0.4, -0.2) is 28.8 Å². The lowest BCUT2D eigenvalue weighted by atomic mass is 10.2. The van der Waals surface area contributed by atoms with Crippen molar-refractivity contribution in [1.82, 2.24) is 10.3 Å². The maximum Gasteiger partial charge on any atom is 0.188 e. The Hall–Kier alpha value is -0.800. The first-order valence-corrected chi connectivity index (χ1v) is 9.44. The molecule has 0 aliphatic heterocycles. The number of rotatable bonds is 7. The minimum absolute atomic E-state index is 0. The predicted octanol–water partition coefficient (Wildman–Crippen LogP) is 4.48. The minimum Gasteiger partial charge on any atom is -0.370 e. The van der Waals surface area contributed by atoms with Crippen molar-refractivity contribution >= 4 is 57.6 Å². The standard InChI is InChI=1S/C18H23BrN4S.HI/c1-18(2,24-16-8-6-14(19)7-9-16)13-23-17(20)22-12-10-15-5-3-4-11-21-15;/h3-9,11H,10,12-13H2,1-2H3,(H3,20,22,23);1H. The zero-order valence-electron chi connectivity index (χ0n) is 14.4. The number of thioether (sulfide) groups is 1. The SMILES string of the molecule is CC(C)(CN=C(N)NCCc1ccccn1)Sc1ccc(Br)cc1.I. The quantitative estimate of drug-likeness (QED) is 0.238. The van der Waals surface area contributed by atoms with Gasteiger partial charge in [-0.1, -0.05) is 22.0 Å². The van der Waals surface area contributed by atoms with Crippen molar-refractivity contribution in [2.24, 2.45) is 10.7 Å². The fourth-order valence-corrected chi connectivity index (χ4v) is 3.35. The van der Waals surface area contributed by atoms with Crippen LogP contribution in [0.1, 0.15) is 19.5 Å². The second-order valence-electron chi connectivity index (χ2n) is 6.01. The molecule has 0 atom stereocenters. The van der Waals surface area contributed by atoms with E-state index in [2.05, 4.69) is 69.3 Å². The molecule has 0 aliphatic carbocycles. The normalized spacial score (nSPS) is 11.7. The second kappa shape index (κ2) is 11.0. The zero-order valence-corrected chi connectivity index (χ0v) is 19.1. The van der Waals surface area contributed by atoms with Gasteiger partial charge in [0.2, 0.25) is 0 Å². The van der Waals surface area contributed by atoms with E-state index in [1.807, 2.05) is 18.2 Å². The number of guanidine groups is 1. The molecule has 0 fully saturated rings. The van der Waals surface area contributed by atoms with Crippen LogP contribution >= 0.6 is 51.7 Å². The number of hydrogen-bond donors (Lipinski definition) is 2. The largest absolute Gasteiger partial charge is 0.370 e. The van der Waals surface area contributed by atoms with Crippen LogP contribution in [0, 0.1) is 0 Å². The number of pyridine rings is 1. The molecular formula is C18H24BrIN4S. The van der Waals surface area contributed by atoms with Crippen LogP contribution in [0.15, 0.2) is 63.0 Å². The van der Waals surface area contributed by atoms with Crippen molar-refractivity contribution in [3.63, 3.8) is 0 Å². The van der Waals surface area contributed by atoms with Gasteiger partial charge in [-0.2, -0.15) is 0 Å². The smallest absolute Gasteiger partial charge is 0.188 e. The van der Waals surface area contributed by atoms with Crippen LogP contribution in [0.2, 0.25) is 0 Å². The summed E-state index contributed by atoms with van der Waals surface area (Å²) in [5.74, 6) is 0.482. The summed E-state index contributed by atoms with van der Waals surface area (Å²) in [5, 5.41) is 3.15. The molecule has 7 heteroatoms. The maximum absolute atomic E-state index is 5.96. The molecule has 0 radical (unpaired) electrons. The lowest BCUT2D eigenvalue weighted by molar-refractivity contribution is 0.716. The highest BCUT2D eigenvalue weighted by Gasteiger charge is 2.19. The van der Waals surface area contributed by atoms with E-state index in [4.69, 9.17) is 5.73 Å². The molecule has 0 spiro atoms. The summed E-state index contributed by atoms with van der Waals surface area (Å²) in [4.78, 5) is 9.98. The van der Waals surface area contributed by atoms with Crippen LogP contribution in [0.25, 0.3) is 0 Å². The Bertz CT molecular complexity index is 663. The van der Waals surface area contributed by atoms with Gasteiger partial charge in [0.05, 0.1) is 6.54 Å². The number of nitrogens with zero attached hydrogens (tertiary/aromatic N) is 2. The van der Waals surface area contributed by atoms with Gasteiger partial charge in [-0.25, -0.2) is 0 Å². The van der Waals surface area contributed by atoms with Gasteiger partial charge in [0.25, 0.3) is 0 Å². The fourth-order valence-electron chi connectivity index (χ4n) is 2.05. The summed E-state index contributed by atoms with van der Waals surface area (Å²) in [6.45, 7) is 5.72. The topological polar surface area (TPSA) is 63.3 Å². The van der Waals surface area contributed by atoms with Gasteiger partial charge in [0.15, 0.2) is 5.96 Å². The summed E-state index contributed by atoms with van der Waals surface area (Å²) in [6, 6.07) is 14.2. The molecule has 3 N–H and O–H groups in total. The summed E-state index contributed by atoms with van der Waals surface area (Å²) in [5.41, 5.74) is 7.01. The first-order valence-electron chi connectivity index (χ1n) is 7.83. The van der Waals surface area contributed by atoms with Crippen molar-refractivity contribution < 1.29 is 0 Å². The molecule has 1 heterocycles. The van der Waals surface area contributed by atoms with Gasteiger partial charge in [-0.05, 0) is 50.2 Å². The maximum atomic E-state index is 5.96. The Kier molecular flexibility index (Phi) is 9.81. The predicted molar refractivity (Wildman–Crippen MR) is 122 cm³/mol. The highest BCUT2D eigenvalue weighted by Crippen LogP contribution is 2.33. The first-order chi connectivity index (χ1) is 11.4. The van der Waals surface area contributed by atoms with Crippen LogP contribution < -0.4 is 11.1 Å². The lowest BCUT2D eigenvalue weighted by Gasteiger charge is -2.22. The number of aliphatic imine (C=N–C) groups is 1. The molecule has 0 amide bonds. The minimum atomic E-state index is -0.0267. The summed E-state index contributed by atoms with van der Waals surface area (Å²) in [6.07, 6.45) is 2.63. The molecule has 1 aromatic heterocycles. The molecule has 2 aromatic rings. The average Bonchev–Trinajstić information content (AvgIpc) is 2.56. The highest BCUT2D eigenvalue weighted by molar-refractivity contribution is 14.0. The molecule has 2 rings (SSSR count). The Labute approximate surface area is 179 Å². The molecule has 25 heavy (non-hydrogen) atoms. The molecule has 136 valence electrons. The Morgan fingerprint density at radius 1 is 1.24 bits per heavy atom. The van der Waals surface area contributed by atoms with E-state index in [1.165, 1.54) is 4.90 Å². The Balaban J connectivity index is 0.00000312. The molecule has 4 nitrogen and oxygen atoms in total. The lowest BCUT2D eigenvalue weighted by Crippen LogP contribution is -2.35. The summed E-state index contributed by atoms with van der Waals surface area (Å²) < 4.78 is 1.06. The van der Waals surface area contributed by atoms with Crippen LogP contribution in [0.5, 0.6) is 0 Å². The van der Waals surface area contributed by atoms with E-state index in [0.29, 0.717) is 12.5 Å². The van der Waals surface area contributed by atoms with E-state index in [0.717, 1.165) is 23.1 Å². The van der Waals surface area contributed by atoms with Gasteiger partial charge >= 0.3 is 0 Å². The van der Waals surface area contributed by atoms with Crippen molar-refractivity contribution in [2.45, 2.75) is 29.9 Å². The van der Waals surface area contributed by atoms with E-state index in [9.17, 15) is 0 Å². The van der Waals surface area contributed by atoms with Gasteiger partial charge in [-0.3, -0.25) is 9.98 Å². The number of halogens is 2. The molecule has 1 aromatic carbocycles. The number of aromatic nitrogens is 1. The summed E-state index contributed by atoms with van der Waals surface area (Å²) in [7, 11) is 0. The molecule has 0 saturated carbocycles. The fraction of sp³-hybridized carbons (Fsp3) is 0.333. The highest BCUT2D eigenvalue weighted by atomic mass is 127. The summed E-state index contributed by atoms with van der Waals surface area (Å²) >= 11 is 5.25. The Morgan fingerprint density at radius 2 is 1.96 bits per heavy atom. The van der Waals surface area contributed by atoms with Crippen molar-refractivity contribution in [3.8, 4) is 0 Å². The number of hydrogen-bond acceptors (Lipinski definition) is 3. The average molecular weight is 535 g/mol. The second-order valence-corrected chi connectivity index (χ2v) is 8.71. The zero-order chi connectivity index (χ0) is 17.4. The number of benzene rings is 1. The molecule has 0 bridgehead atoms. The van der Waals surface area contributed by atoms with E-state index in [1.54, 1.807) is 18.0 Å². The molecular weight excluding hydrogens is 511 g/mol. The molecule has 0 unspecified atom stereocenters. The van der Waals surface area contributed by atoms with Crippen LogP contribution in [0.3, 0.4) is 0 Å². The van der Waals surface area contributed by atoms with Crippen molar-refractivity contribution in [1.29, 1.82) is 0 Å². The van der Waals surface area contributed by atoms with Gasteiger partial charge < -0.3 is 11.1 Å². The number of nitrogens with one attached hydrogen (secondary N) is 1. The first kappa shape index (κ1) is 22.2. The van der Waals surface area contributed by atoms with Gasteiger partial charge in [0, 0.05) is 39.0 Å². The van der Waals surface area contributed by atoms with Gasteiger partial charge in [-0.15, -0.1) is 35.7 Å². The third kappa shape index (κ3) is 8.91. The van der Waals surface area contributed by atoms with E-state index in [-0.39, 0.29) is 28.7 Å². The molecule has 0 saturated heterocycles. The van der Waals surface area contributed by atoms with E-state index >= 15 is 0 Å². The Morgan fingerprint density at radius 3 is 2.60 bits per heavy atom.